The molecule has 1 aromatic heterocycles. The van der Waals surface area contributed by atoms with Crippen LogP contribution in [0.3, 0.4) is 0 Å². The fourth-order valence-electron chi connectivity index (χ4n) is 2.34. The summed E-state index contributed by atoms with van der Waals surface area (Å²) in [4.78, 5) is 4.23. The van der Waals surface area contributed by atoms with Crippen molar-refractivity contribution in [1.82, 2.24) is 10.3 Å². The maximum Gasteiger partial charge on any atom is 0.137 e. The molecule has 108 valence electrons. The molecule has 0 aliphatic heterocycles. The molecule has 1 N–H and O–H groups in total. The lowest BCUT2D eigenvalue weighted by atomic mass is 10.0. The second-order valence-electron chi connectivity index (χ2n) is 5.06. The van der Waals surface area contributed by atoms with E-state index < -0.39 is 0 Å². The maximum absolute atomic E-state index is 5.23. The maximum atomic E-state index is 5.23. The van der Waals surface area contributed by atoms with Gasteiger partial charge in [0.2, 0.25) is 0 Å². The summed E-state index contributed by atoms with van der Waals surface area (Å²) in [5.74, 6) is 0.834. The zero-order valence-corrected chi connectivity index (χ0v) is 12.6. The van der Waals surface area contributed by atoms with Crippen LogP contribution in [0.2, 0.25) is 0 Å². The number of methoxy groups -OCH3 is 1. The molecular formula is C16H28N2O. The van der Waals surface area contributed by atoms with E-state index in [-0.39, 0.29) is 0 Å². The van der Waals surface area contributed by atoms with Crippen LogP contribution in [0.5, 0.6) is 5.75 Å². The number of nitrogens with zero attached hydrogens (tertiary/aromatic N) is 1. The van der Waals surface area contributed by atoms with Crippen molar-refractivity contribution in [2.24, 2.45) is 0 Å². The van der Waals surface area contributed by atoms with Crippen molar-refractivity contribution in [1.29, 1.82) is 0 Å². The van der Waals surface area contributed by atoms with Crippen LogP contribution in [0.1, 0.15) is 63.5 Å². The van der Waals surface area contributed by atoms with E-state index in [1.54, 1.807) is 13.3 Å². The first-order chi connectivity index (χ1) is 9.31. The van der Waals surface area contributed by atoms with Gasteiger partial charge in [-0.3, -0.25) is 4.98 Å². The van der Waals surface area contributed by atoms with Gasteiger partial charge in [-0.2, -0.15) is 0 Å². The zero-order chi connectivity index (χ0) is 13.9. The number of hydrogen-bond acceptors (Lipinski definition) is 3. The average Bonchev–Trinajstić information content (AvgIpc) is 2.46. The van der Waals surface area contributed by atoms with Gasteiger partial charge < -0.3 is 10.1 Å². The van der Waals surface area contributed by atoms with Crippen LogP contribution >= 0.6 is 0 Å². The summed E-state index contributed by atoms with van der Waals surface area (Å²) in [6.45, 7) is 2.26. The molecule has 0 aliphatic carbocycles. The average molecular weight is 264 g/mol. The number of nitrogens with one attached hydrogen (secondary N) is 1. The Balaban J connectivity index is 2.35. The molecule has 0 bridgehead atoms. The monoisotopic (exact) mass is 264 g/mol. The van der Waals surface area contributed by atoms with Crippen molar-refractivity contribution >= 4 is 0 Å². The summed E-state index contributed by atoms with van der Waals surface area (Å²) < 4.78 is 5.23. The molecule has 19 heavy (non-hydrogen) atoms. The van der Waals surface area contributed by atoms with Gasteiger partial charge in [-0.1, -0.05) is 45.4 Å². The fourth-order valence-corrected chi connectivity index (χ4v) is 2.34. The predicted octanol–water partition coefficient (Wildman–Crippen LogP) is 4.10. The van der Waals surface area contributed by atoms with Gasteiger partial charge >= 0.3 is 0 Å². The van der Waals surface area contributed by atoms with Gasteiger partial charge in [0.25, 0.3) is 0 Å². The molecule has 1 rings (SSSR count). The Labute approximate surface area is 117 Å². The second-order valence-corrected chi connectivity index (χ2v) is 5.06. The third-order valence-corrected chi connectivity index (χ3v) is 3.57. The molecule has 0 aliphatic rings. The highest BCUT2D eigenvalue weighted by Gasteiger charge is 2.10. The minimum Gasteiger partial charge on any atom is -0.495 e. The van der Waals surface area contributed by atoms with Crippen molar-refractivity contribution in [3.8, 4) is 5.75 Å². The Bertz CT molecular complexity index is 341. The van der Waals surface area contributed by atoms with Gasteiger partial charge in [-0.25, -0.2) is 0 Å². The topological polar surface area (TPSA) is 34.2 Å². The summed E-state index contributed by atoms with van der Waals surface area (Å²) in [6.07, 6.45) is 12.9. The van der Waals surface area contributed by atoms with Crippen molar-refractivity contribution in [2.75, 3.05) is 14.2 Å². The van der Waals surface area contributed by atoms with Crippen molar-refractivity contribution < 1.29 is 4.74 Å². The van der Waals surface area contributed by atoms with E-state index in [2.05, 4.69) is 23.3 Å². The highest BCUT2D eigenvalue weighted by molar-refractivity contribution is 5.25. The molecule has 1 heterocycles. The number of rotatable bonds is 10. The lowest BCUT2D eigenvalue weighted by Crippen LogP contribution is -2.16. The number of hydrogen-bond donors (Lipinski definition) is 1. The fraction of sp³-hybridized carbons (Fsp3) is 0.688. The van der Waals surface area contributed by atoms with E-state index in [9.17, 15) is 0 Å². The van der Waals surface area contributed by atoms with E-state index in [4.69, 9.17) is 4.74 Å². The first-order valence-corrected chi connectivity index (χ1v) is 7.48. The SMILES string of the molecule is CCCCCCCCC(NC)c1cncc(OC)c1. The molecule has 0 saturated heterocycles. The number of pyridine rings is 1. The molecule has 0 saturated carbocycles. The second kappa shape index (κ2) is 9.79. The molecule has 0 spiro atoms. The lowest BCUT2D eigenvalue weighted by Gasteiger charge is -2.16. The van der Waals surface area contributed by atoms with Crippen LogP contribution < -0.4 is 10.1 Å². The van der Waals surface area contributed by atoms with Gasteiger partial charge in [-0.15, -0.1) is 0 Å². The van der Waals surface area contributed by atoms with Crippen molar-refractivity contribution in [3.63, 3.8) is 0 Å². The van der Waals surface area contributed by atoms with E-state index in [0.29, 0.717) is 6.04 Å². The Morgan fingerprint density at radius 2 is 1.89 bits per heavy atom. The van der Waals surface area contributed by atoms with E-state index >= 15 is 0 Å². The lowest BCUT2D eigenvalue weighted by molar-refractivity contribution is 0.410. The van der Waals surface area contributed by atoms with Gasteiger partial charge in [-0.05, 0) is 25.1 Å². The van der Waals surface area contributed by atoms with Crippen LogP contribution in [0.25, 0.3) is 0 Å². The Morgan fingerprint density at radius 3 is 2.58 bits per heavy atom. The quantitative estimate of drug-likeness (QED) is 0.646. The first-order valence-electron chi connectivity index (χ1n) is 7.48. The number of aromatic nitrogens is 1. The molecule has 3 nitrogen and oxygen atoms in total. The summed E-state index contributed by atoms with van der Waals surface area (Å²) >= 11 is 0. The largest absolute Gasteiger partial charge is 0.495 e. The Hall–Kier alpha value is -1.09. The number of ether oxygens (including phenoxy) is 1. The Kier molecular flexibility index (Phi) is 8.23. The Morgan fingerprint density at radius 1 is 1.16 bits per heavy atom. The summed E-state index contributed by atoms with van der Waals surface area (Å²) in [5, 5.41) is 3.38. The minimum atomic E-state index is 0.383. The van der Waals surface area contributed by atoms with Gasteiger partial charge in [0.1, 0.15) is 5.75 Å². The first kappa shape index (κ1) is 16.0. The zero-order valence-electron chi connectivity index (χ0n) is 12.6. The molecule has 1 unspecified atom stereocenters. The summed E-state index contributed by atoms with van der Waals surface area (Å²) in [7, 11) is 3.70. The molecular weight excluding hydrogens is 236 g/mol. The van der Waals surface area contributed by atoms with Crippen LogP contribution in [0, 0.1) is 0 Å². The van der Waals surface area contributed by atoms with Crippen LogP contribution in [-0.4, -0.2) is 19.1 Å². The third-order valence-electron chi connectivity index (χ3n) is 3.57. The van der Waals surface area contributed by atoms with E-state index in [1.165, 1.54) is 44.1 Å². The molecule has 0 aromatic carbocycles. The third kappa shape index (κ3) is 6.06. The predicted molar refractivity (Wildman–Crippen MR) is 80.6 cm³/mol. The normalized spacial score (nSPS) is 12.4. The highest BCUT2D eigenvalue weighted by atomic mass is 16.5. The van der Waals surface area contributed by atoms with Crippen molar-refractivity contribution in [2.45, 2.75) is 57.9 Å². The van der Waals surface area contributed by atoms with E-state index in [0.717, 1.165) is 12.2 Å². The smallest absolute Gasteiger partial charge is 0.137 e. The minimum absolute atomic E-state index is 0.383. The molecule has 3 heteroatoms. The van der Waals surface area contributed by atoms with Crippen LogP contribution in [0.15, 0.2) is 18.5 Å². The molecule has 0 radical (unpaired) electrons. The standard InChI is InChI=1S/C16H28N2O/c1-4-5-6-7-8-9-10-16(17-2)14-11-15(19-3)13-18-12-14/h11-13,16-17H,4-10H2,1-3H3. The van der Waals surface area contributed by atoms with Crippen LogP contribution in [-0.2, 0) is 0 Å². The molecule has 0 fully saturated rings. The van der Waals surface area contributed by atoms with E-state index in [1.807, 2.05) is 13.2 Å². The summed E-state index contributed by atoms with van der Waals surface area (Å²) in [5.41, 5.74) is 1.22. The molecule has 1 atom stereocenters. The van der Waals surface area contributed by atoms with Crippen LogP contribution in [0.4, 0.5) is 0 Å². The van der Waals surface area contributed by atoms with Gasteiger partial charge in [0.15, 0.2) is 0 Å². The van der Waals surface area contributed by atoms with Crippen molar-refractivity contribution in [3.05, 3.63) is 24.0 Å². The molecule has 1 aromatic rings. The van der Waals surface area contributed by atoms with Gasteiger partial charge in [0, 0.05) is 12.2 Å². The highest BCUT2D eigenvalue weighted by Crippen LogP contribution is 2.22. The number of unbranched alkanes of at least 4 members (excludes halogenated alkanes) is 5. The molecule has 0 amide bonds. The van der Waals surface area contributed by atoms with Gasteiger partial charge in [0.05, 0.1) is 13.3 Å². The summed E-state index contributed by atoms with van der Waals surface area (Å²) in [6, 6.07) is 2.46.